The Balaban J connectivity index is 2.07. The average Bonchev–Trinajstić information content (AvgIpc) is 2.60. The van der Waals surface area contributed by atoms with Crippen LogP contribution in [0.3, 0.4) is 0 Å². The Bertz CT molecular complexity index is 1160. The standard InChI is InChI=1S/C15H7F3N4O4S2/c16-15(17,18)7-1-3-8(4-2-7)19-14-20-13(27)10-5-9(21(23)24)6-11(22(25)26)12(10)28-14/h1-6H,(H,19,20,27). The molecular weight excluding hydrogens is 421 g/mol. The Hall–Kier alpha value is -3.19. The van der Waals surface area contributed by atoms with Crippen LogP contribution >= 0.6 is 23.6 Å². The maximum absolute atomic E-state index is 12.6. The minimum atomic E-state index is -4.48. The molecule has 0 aliphatic carbocycles. The Morgan fingerprint density at radius 3 is 2.25 bits per heavy atom. The number of aromatic nitrogens is 1. The summed E-state index contributed by atoms with van der Waals surface area (Å²) in [6, 6.07) is 6.00. The van der Waals surface area contributed by atoms with Crippen LogP contribution in [0.2, 0.25) is 0 Å². The molecule has 1 N–H and O–H groups in total. The second kappa shape index (κ2) is 7.09. The number of fused-ring (bicyclic) bond motifs is 1. The lowest BCUT2D eigenvalue weighted by atomic mass is 10.2. The van der Waals surface area contributed by atoms with Gasteiger partial charge in [-0.2, -0.15) is 13.2 Å². The monoisotopic (exact) mass is 428 g/mol. The zero-order valence-corrected chi connectivity index (χ0v) is 15.0. The van der Waals surface area contributed by atoms with E-state index in [1.807, 2.05) is 0 Å². The summed E-state index contributed by atoms with van der Waals surface area (Å²) in [7, 11) is 0. The Labute approximate surface area is 162 Å². The van der Waals surface area contributed by atoms with E-state index in [4.69, 9.17) is 12.2 Å². The number of alkyl halides is 3. The number of nitrogens with zero attached hydrogens (tertiary/aromatic N) is 3. The van der Waals surface area contributed by atoms with Crippen LogP contribution in [0.1, 0.15) is 5.56 Å². The van der Waals surface area contributed by atoms with Gasteiger partial charge in [-0.05, 0) is 24.3 Å². The smallest absolute Gasteiger partial charge is 0.331 e. The Kier molecular flexibility index (Phi) is 4.95. The molecule has 8 nitrogen and oxygen atoms in total. The number of nitro groups is 2. The second-order valence-electron chi connectivity index (χ2n) is 5.38. The fourth-order valence-corrected chi connectivity index (χ4v) is 3.67. The van der Waals surface area contributed by atoms with Crippen molar-refractivity contribution in [2.24, 2.45) is 0 Å². The van der Waals surface area contributed by atoms with Crippen molar-refractivity contribution < 1.29 is 23.0 Å². The van der Waals surface area contributed by atoms with Gasteiger partial charge in [0.15, 0.2) is 5.13 Å². The van der Waals surface area contributed by atoms with E-state index in [9.17, 15) is 33.4 Å². The molecule has 0 amide bonds. The third kappa shape index (κ3) is 3.89. The molecule has 1 aromatic heterocycles. The maximum Gasteiger partial charge on any atom is 0.416 e. The first-order valence-electron chi connectivity index (χ1n) is 7.28. The summed E-state index contributed by atoms with van der Waals surface area (Å²) in [5, 5.41) is 25.2. The van der Waals surface area contributed by atoms with Crippen molar-refractivity contribution in [1.82, 2.24) is 4.98 Å². The molecule has 2 aromatic carbocycles. The molecule has 0 saturated carbocycles. The number of hydrogen-bond acceptors (Lipinski definition) is 8. The zero-order valence-electron chi connectivity index (χ0n) is 13.4. The third-order valence-electron chi connectivity index (χ3n) is 3.56. The summed E-state index contributed by atoms with van der Waals surface area (Å²) in [6.07, 6.45) is -4.48. The van der Waals surface area contributed by atoms with Gasteiger partial charge in [0.05, 0.1) is 21.5 Å². The molecule has 0 aliphatic rings. The molecule has 13 heteroatoms. The van der Waals surface area contributed by atoms with E-state index < -0.39 is 33.0 Å². The minimum Gasteiger partial charge on any atom is -0.331 e. The van der Waals surface area contributed by atoms with E-state index in [-0.39, 0.29) is 25.5 Å². The molecule has 144 valence electrons. The highest BCUT2D eigenvalue weighted by Gasteiger charge is 2.30. The number of non-ortho nitro benzene ring substituents is 2. The summed E-state index contributed by atoms with van der Waals surface area (Å²) in [5.41, 5.74) is -1.59. The molecular formula is C15H7F3N4O4S2. The van der Waals surface area contributed by atoms with Crippen molar-refractivity contribution in [3.05, 3.63) is 66.8 Å². The van der Waals surface area contributed by atoms with E-state index in [0.717, 1.165) is 35.6 Å². The number of halogens is 3. The molecule has 1 heterocycles. The van der Waals surface area contributed by atoms with E-state index in [2.05, 4.69) is 10.3 Å². The van der Waals surface area contributed by atoms with Crippen molar-refractivity contribution in [1.29, 1.82) is 0 Å². The van der Waals surface area contributed by atoms with Gasteiger partial charge in [0.1, 0.15) is 9.34 Å². The molecule has 3 aromatic rings. The Morgan fingerprint density at radius 1 is 1.07 bits per heavy atom. The van der Waals surface area contributed by atoms with Crippen molar-refractivity contribution in [2.75, 3.05) is 5.32 Å². The molecule has 3 rings (SSSR count). The first-order valence-corrected chi connectivity index (χ1v) is 8.50. The first-order chi connectivity index (χ1) is 13.1. The molecule has 0 radical (unpaired) electrons. The van der Waals surface area contributed by atoms with Crippen LogP contribution in [-0.4, -0.2) is 14.8 Å². The lowest BCUT2D eigenvalue weighted by molar-refractivity contribution is -0.392. The van der Waals surface area contributed by atoms with E-state index in [1.165, 1.54) is 12.1 Å². The predicted octanol–water partition coefficient (Wildman–Crippen LogP) is 5.60. The van der Waals surface area contributed by atoms with Crippen molar-refractivity contribution in [3.8, 4) is 0 Å². The highest BCUT2D eigenvalue weighted by molar-refractivity contribution is 7.71. The van der Waals surface area contributed by atoms with Crippen molar-refractivity contribution in [2.45, 2.75) is 6.18 Å². The molecule has 0 bridgehead atoms. The topological polar surface area (TPSA) is 111 Å². The van der Waals surface area contributed by atoms with Gasteiger partial charge in [-0.3, -0.25) is 20.2 Å². The van der Waals surface area contributed by atoms with Crippen LogP contribution in [0.5, 0.6) is 0 Å². The Morgan fingerprint density at radius 2 is 1.71 bits per heavy atom. The molecule has 28 heavy (non-hydrogen) atoms. The number of benzene rings is 2. The van der Waals surface area contributed by atoms with E-state index in [0.29, 0.717) is 0 Å². The number of anilines is 2. The van der Waals surface area contributed by atoms with Gasteiger partial charge in [-0.25, -0.2) is 4.98 Å². The van der Waals surface area contributed by atoms with Gasteiger partial charge in [-0.15, -0.1) is 0 Å². The number of nitrogens with one attached hydrogen (secondary N) is 1. The third-order valence-corrected chi connectivity index (χ3v) is 4.89. The van der Waals surface area contributed by atoms with Crippen molar-refractivity contribution >= 4 is 55.8 Å². The molecule has 0 atom stereocenters. The number of hydrogen-bond donors (Lipinski definition) is 1. The van der Waals surface area contributed by atoms with Gasteiger partial charge in [0.25, 0.3) is 11.4 Å². The lowest BCUT2D eigenvalue weighted by Gasteiger charge is -2.09. The number of nitro benzene ring substituents is 2. The van der Waals surface area contributed by atoms with Crippen LogP contribution < -0.4 is 5.32 Å². The van der Waals surface area contributed by atoms with Gasteiger partial charge < -0.3 is 5.32 Å². The fraction of sp³-hybridized carbons (Fsp3) is 0.0667. The van der Waals surface area contributed by atoms with Gasteiger partial charge in [-0.1, -0.05) is 23.6 Å². The first kappa shape index (κ1) is 19.6. The molecule has 0 unspecified atom stereocenters. The van der Waals surface area contributed by atoms with Crippen molar-refractivity contribution in [3.63, 3.8) is 0 Å². The van der Waals surface area contributed by atoms with Gasteiger partial charge in [0.2, 0.25) is 0 Å². The molecule has 0 fully saturated rings. The fourth-order valence-electron chi connectivity index (χ4n) is 2.30. The average molecular weight is 428 g/mol. The van der Waals surface area contributed by atoms with Crippen LogP contribution in [0.25, 0.3) is 10.1 Å². The van der Waals surface area contributed by atoms with Gasteiger partial charge >= 0.3 is 6.18 Å². The summed E-state index contributed by atoms with van der Waals surface area (Å²) in [5.74, 6) is 0. The van der Waals surface area contributed by atoms with Crippen LogP contribution in [0, 0.1) is 24.9 Å². The quantitative estimate of drug-likeness (QED) is 0.327. The predicted molar refractivity (Wildman–Crippen MR) is 98.5 cm³/mol. The van der Waals surface area contributed by atoms with Crippen LogP contribution in [-0.2, 0) is 6.18 Å². The van der Waals surface area contributed by atoms with Gasteiger partial charge in [0, 0.05) is 17.1 Å². The minimum absolute atomic E-state index is 0.0602. The second-order valence-corrected chi connectivity index (χ2v) is 6.77. The summed E-state index contributed by atoms with van der Waals surface area (Å²) in [4.78, 5) is 24.8. The molecule has 0 spiro atoms. The summed E-state index contributed by atoms with van der Waals surface area (Å²) < 4.78 is 37.8. The zero-order chi connectivity index (χ0) is 20.6. The highest BCUT2D eigenvalue weighted by atomic mass is 32.1. The lowest BCUT2D eigenvalue weighted by Crippen LogP contribution is -2.04. The SMILES string of the molecule is O=[N+]([O-])c1cc([N+](=O)[O-])c2sc(Nc3ccc(C(F)(F)F)cc3)nc(=S)c2c1. The highest BCUT2D eigenvalue weighted by Crippen LogP contribution is 2.37. The number of rotatable bonds is 4. The van der Waals surface area contributed by atoms with E-state index in [1.54, 1.807) is 0 Å². The summed E-state index contributed by atoms with van der Waals surface area (Å²) in [6.45, 7) is 0. The normalized spacial score (nSPS) is 11.4. The molecule has 0 aliphatic heterocycles. The maximum atomic E-state index is 12.6. The summed E-state index contributed by atoms with van der Waals surface area (Å²) >= 11 is 5.89. The molecule has 0 saturated heterocycles. The largest absolute Gasteiger partial charge is 0.416 e. The van der Waals surface area contributed by atoms with Crippen LogP contribution in [0.4, 0.5) is 35.4 Å². The van der Waals surface area contributed by atoms with E-state index >= 15 is 0 Å². The van der Waals surface area contributed by atoms with Crippen LogP contribution in [0.15, 0.2) is 36.4 Å².